The van der Waals surface area contributed by atoms with Crippen molar-refractivity contribution < 1.29 is 0 Å². The molecule has 56 heavy (non-hydrogen) atoms. The van der Waals surface area contributed by atoms with E-state index in [2.05, 4.69) is 195 Å². The topological polar surface area (TPSA) is 27.0 Å². The molecule has 262 valence electrons. The van der Waals surface area contributed by atoms with Crippen LogP contribution >= 0.6 is 0 Å². The molecule has 11 rings (SSSR count). The maximum Gasteiger partial charge on any atom is 0.0991 e. The van der Waals surface area contributed by atoms with Gasteiger partial charge in [-0.25, -0.2) is 0 Å². The van der Waals surface area contributed by atoms with Gasteiger partial charge in [-0.2, -0.15) is 5.26 Å². The predicted octanol–water partition coefficient (Wildman–Crippen LogP) is 14.7. The Balaban J connectivity index is 1.00. The van der Waals surface area contributed by atoms with Crippen molar-refractivity contribution in [3.63, 3.8) is 0 Å². The fourth-order valence-corrected chi connectivity index (χ4v) is 9.36. The van der Waals surface area contributed by atoms with Gasteiger partial charge < -0.3 is 4.90 Å². The fourth-order valence-electron chi connectivity index (χ4n) is 9.36. The van der Waals surface area contributed by atoms with Crippen LogP contribution < -0.4 is 4.90 Å². The standard InChI is InChI=1S/C54H36N2/c1-54(2)49-31-37(43-29-40-19-17-38-27-42(35-9-4-3-5-10-35)28-39-18-20-41(30-43)53(40)52(38)39)21-25-47(49)48-26-24-45(32-50(48)54)56(44-22-15-34(33-55)16-23-44)51-14-8-12-36-11-6-7-13-46(36)51/h3-32H,1-2H3. The van der Waals surface area contributed by atoms with E-state index in [1.165, 1.54) is 87.6 Å². The molecule has 0 saturated carbocycles. The molecule has 10 aromatic carbocycles. The summed E-state index contributed by atoms with van der Waals surface area (Å²) >= 11 is 0. The van der Waals surface area contributed by atoms with Gasteiger partial charge in [0.05, 0.1) is 17.3 Å². The molecule has 0 unspecified atom stereocenters. The second-order valence-electron chi connectivity index (χ2n) is 15.7. The highest BCUT2D eigenvalue weighted by atomic mass is 15.1. The lowest BCUT2D eigenvalue weighted by atomic mass is 9.81. The number of anilines is 3. The van der Waals surface area contributed by atoms with Gasteiger partial charge in [-0.1, -0.05) is 123 Å². The lowest BCUT2D eigenvalue weighted by molar-refractivity contribution is 0.660. The van der Waals surface area contributed by atoms with Crippen LogP contribution in [0.5, 0.6) is 0 Å². The van der Waals surface area contributed by atoms with E-state index in [0.717, 1.165) is 17.1 Å². The monoisotopic (exact) mass is 712 g/mol. The van der Waals surface area contributed by atoms with Crippen molar-refractivity contribution >= 4 is 60.2 Å². The number of benzene rings is 10. The van der Waals surface area contributed by atoms with Gasteiger partial charge in [0.2, 0.25) is 0 Å². The SMILES string of the molecule is CC1(C)c2cc(-c3cc4ccc5cc(-c6ccccc6)cc6ccc(c3)c4c56)ccc2-c2ccc(N(c3ccc(C#N)cc3)c3cccc4ccccc34)cc21. The molecule has 2 nitrogen and oxygen atoms in total. The normalized spacial score (nSPS) is 12.9. The summed E-state index contributed by atoms with van der Waals surface area (Å²) in [6.45, 7) is 4.72. The summed E-state index contributed by atoms with van der Waals surface area (Å²) in [6.07, 6.45) is 0. The van der Waals surface area contributed by atoms with Crippen molar-refractivity contribution in [3.05, 3.63) is 199 Å². The predicted molar refractivity (Wildman–Crippen MR) is 235 cm³/mol. The molecular formula is C54H36N2. The molecule has 0 fully saturated rings. The van der Waals surface area contributed by atoms with Crippen LogP contribution in [0, 0.1) is 11.3 Å². The summed E-state index contributed by atoms with van der Waals surface area (Å²) in [7, 11) is 0. The van der Waals surface area contributed by atoms with E-state index in [4.69, 9.17) is 0 Å². The molecule has 0 saturated heterocycles. The molecule has 1 aliphatic carbocycles. The largest absolute Gasteiger partial charge is 0.310 e. The third kappa shape index (κ3) is 4.88. The number of hydrogen-bond donors (Lipinski definition) is 0. The summed E-state index contributed by atoms with van der Waals surface area (Å²) in [4.78, 5) is 2.33. The zero-order valence-electron chi connectivity index (χ0n) is 31.2. The Morgan fingerprint density at radius 2 is 0.982 bits per heavy atom. The van der Waals surface area contributed by atoms with E-state index in [1.807, 2.05) is 12.1 Å². The minimum absolute atomic E-state index is 0.224. The Morgan fingerprint density at radius 1 is 0.429 bits per heavy atom. The van der Waals surface area contributed by atoms with Crippen molar-refractivity contribution in [3.8, 4) is 39.4 Å². The van der Waals surface area contributed by atoms with Gasteiger partial charge in [-0.15, -0.1) is 0 Å². The van der Waals surface area contributed by atoms with Crippen molar-refractivity contribution in [2.45, 2.75) is 19.3 Å². The van der Waals surface area contributed by atoms with Crippen molar-refractivity contribution in [1.29, 1.82) is 5.26 Å². The lowest BCUT2D eigenvalue weighted by Crippen LogP contribution is -2.17. The third-order valence-corrected chi connectivity index (χ3v) is 12.2. The average molecular weight is 713 g/mol. The van der Waals surface area contributed by atoms with E-state index >= 15 is 0 Å². The minimum atomic E-state index is -0.224. The number of nitrogens with zero attached hydrogens (tertiary/aromatic N) is 2. The summed E-state index contributed by atoms with van der Waals surface area (Å²) in [5.74, 6) is 0. The van der Waals surface area contributed by atoms with Gasteiger partial charge in [0.25, 0.3) is 0 Å². The zero-order valence-corrected chi connectivity index (χ0v) is 31.2. The Kier molecular flexibility index (Phi) is 7.00. The zero-order chi connectivity index (χ0) is 37.5. The molecule has 2 heteroatoms. The van der Waals surface area contributed by atoms with E-state index in [9.17, 15) is 5.26 Å². The molecule has 0 heterocycles. The first-order valence-corrected chi connectivity index (χ1v) is 19.3. The molecule has 0 amide bonds. The molecule has 10 aromatic rings. The third-order valence-electron chi connectivity index (χ3n) is 12.2. The number of nitriles is 1. The van der Waals surface area contributed by atoms with Crippen LogP contribution in [0.2, 0.25) is 0 Å². The number of hydrogen-bond acceptors (Lipinski definition) is 2. The van der Waals surface area contributed by atoms with Gasteiger partial charge in [0.1, 0.15) is 0 Å². The Morgan fingerprint density at radius 3 is 1.64 bits per heavy atom. The lowest BCUT2D eigenvalue weighted by Gasteiger charge is -2.29. The summed E-state index contributed by atoms with van der Waals surface area (Å²) in [6, 6.07) is 68.5. The molecule has 0 radical (unpaired) electrons. The molecule has 0 aromatic heterocycles. The Labute approximate surface area is 326 Å². The Hall–Kier alpha value is -7.21. The second kappa shape index (κ2) is 12.2. The highest BCUT2D eigenvalue weighted by Gasteiger charge is 2.36. The van der Waals surface area contributed by atoms with Crippen LogP contribution in [0.25, 0.3) is 76.5 Å². The van der Waals surface area contributed by atoms with E-state index in [0.29, 0.717) is 5.56 Å². The van der Waals surface area contributed by atoms with Crippen LogP contribution in [0.1, 0.15) is 30.5 Å². The van der Waals surface area contributed by atoms with Crippen LogP contribution in [0.3, 0.4) is 0 Å². The van der Waals surface area contributed by atoms with E-state index in [-0.39, 0.29) is 5.41 Å². The van der Waals surface area contributed by atoms with Crippen LogP contribution in [0.15, 0.2) is 182 Å². The molecule has 0 N–H and O–H groups in total. The van der Waals surface area contributed by atoms with Gasteiger partial charge in [-0.05, 0) is 155 Å². The quantitative estimate of drug-likeness (QED) is 0.166. The van der Waals surface area contributed by atoms with Gasteiger partial charge in [-0.3, -0.25) is 0 Å². The molecule has 0 atom stereocenters. The molecular weight excluding hydrogens is 677 g/mol. The Bertz CT molecular complexity index is 3150. The summed E-state index contributed by atoms with van der Waals surface area (Å²) in [5.41, 5.74) is 13.8. The summed E-state index contributed by atoms with van der Waals surface area (Å²) < 4.78 is 0. The first-order chi connectivity index (χ1) is 27.4. The molecule has 0 spiro atoms. The van der Waals surface area contributed by atoms with Crippen LogP contribution in [0.4, 0.5) is 17.1 Å². The van der Waals surface area contributed by atoms with Crippen molar-refractivity contribution in [2.24, 2.45) is 0 Å². The maximum absolute atomic E-state index is 9.57. The first-order valence-electron chi connectivity index (χ1n) is 19.3. The van der Waals surface area contributed by atoms with Crippen molar-refractivity contribution in [1.82, 2.24) is 0 Å². The van der Waals surface area contributed by atoms with E-state index in [1.54, 1.807) is 0 Å². The molecule has 0 bridgehead atoms. The molecule has 0 aliphatic heterocycles. The average Bonchev–Trinajstić information content (AvgIpc) is 3.48. The highest BCUT2D eigenvalue weighted by molar-refractivity contribution is 6.24. The van der Waals surface area contributed by atoms with E-state index < -0.39 is 0 Å². The highest BCUT2D eigenvalue weighted by Crippen LogP contribution is 2.52. The first kappa shape index (κ1) is 32.2. The molecule has 1 aliphatic rings. The number of fused-ring (bicyclic) bond motifs is 4. The van der Waals surface area contributed by atoms with Gasteiger partial charge in [0.15, 0.2) is 0 Å². The van der Waals surface area contributed by atoms with Crippen LogP contribution in [-0.4, -0.2) is 0 Å². The van der Waals surface area contributed by atoms with Crippen LogP contribution in [-0.2, 0) is 5.41 Å². The van der Waals surface area contributed by atoms with Gasteiger partial charge in [0, 0.05) is 22.2 Å². The minimum Gasteiger partial charge on any atom is -0.310 e. The van der Waals surface area contributed by atoms with Crippen molar-refractivity contribution in [2.75, 3.05) is 4.90 Å². The second-order valence-corrected chi connectivity index (χ2v) is 15.7. The van der Waals surface area contributed by atoms with Gasteiger partial charge >= 0.3 is 0 Å². The summed E-state index contributed by atoms with van der Waals surface area (Å²) in [5, 5.41) is 19.7. The number of rotatable bonds is 5. The maximum atomic E-state index is 9.57. The smallest absolute Gasteiger partial charge is 0.0991 e. The fraction of sp³-hybridized carbons (Fsp3) is 0.0556.